The van der Waals surface area contributed by atoms with Crippen LogP contribution in [0.3, 0.4) is 0 Å². The van der Waals surface area contributed by atoms with Gasteiger partial charge in [-0.05, 0) is 42.5 Å². The normalized spacial score (nSPS) is 19.5. The molecular formula is C22H22N4O4. The Labute approximate surface area is 173 Å². The second-order valence-corrected chi connectivity index (χ2v) is 7.78. The molecule has 0 unspecified atom stereocenters. The van der Waals surface area contributed by atoms with Crippen molar-refractivity contribution >= 4 is 28.5 Å². The van der Waals surface area contributed by atoms with Gasteiger partial charge in [-0.3, -0.25) is 14.6 Å². The molecule has 8 heteroatoms. The Morgan fingerprint density at radius 1 is 1.20 bits per heavy atom. The number of ether oxygens (including phenoxy) is 2. The third kappa shape index (κ3) is 3.04. The second-order valence-electron chi connectivity index (χ2n) is 7.78. The van der Waals surface area contributed by atoms with Crippen LogP contribution in [0.25, 0.3) is 11.0 Å². The van der Waals surface area contributed by atoms with E-state index in [0.717, 1.165) is 18.6 Å². The zero-order valence-corrected chi connectivity index (χ0v) is 16.8. The summed E-state index contributed by atoms with van der Waals surface area (Å²) in [6, 6.07) is 6.95. The molecule has 2 fully saturated rings. The first-order valence-corrected chi connectivity index (χ1v) is 9.87. The van der Waals surface area contributed by atoms with Crippen molar-refractivity contribution in [3.8, 4) is 11.5 Å². The molecule has 154 valence electrons. The number of pyridine rings is 1. The van der Waals surface area contributed by atoms with Crippen molar-refractivity contribution in [2.24, 2.45) is 11.8 Å². The first kappa shape index (κ1) is 18.5. The van der Waals surface area contributed by atoms with Gasteiger partial charge in [-0.15, -0.1) is 0 Å². The molecule has 1 saturated carbocycles. The summed E-state index contributed by atoms with van der Waals surface area (Å²) in [6.07, 6.45) is 4.47. The number of carbonyl (C=O) groups excluding carboxylic acids is 2. The number of methoxy groups -OCH3 is 2. The number of nitrogens with zero attached hydrogens (tertiary/aromatic N) is 2. The molecule has 1 aromatic carbocycles. The molecule has 2 aromatic heterocycles. The van der Waals surface area contributed by atoms with Crippen molar-refractivity contribution in [3.63, 3.8) is 0 Å². The van der Waals surface area contributed by atoms with Gasteiger partial charge in [0.1, 0.15) is 5.52 Å². The SMILES string of the molecule is COc1cc(C(=O)N2C[C@H]3C[C@H]3C2)cc(NC(=O)c2c[nH]c3cccnc23)c1OC. The van der Waals surface area contributed by atoms with Gasteiger partial charge in [0.25, 0.3) is 11.8 Å². The first-order chi connectivity index (χ1) is 14.6. The van der Waals surface area contributed by atoms with Crippen LogP contribution in [0, 0.1) is 11.8 Å². The van der Waals surface area contributed by atoms with Gasteiger partial charge in [0.15, 0.2) is 11.5 Å². The van der Waals surface area contributed by atoms with E-state index >= 15 is 0 Å². The number of hydrogen-bond donors (Lipinski definition) is 2. The molecule has 2 N–H and O–H groups in total. The van der Waals surface area contributed by atoms with Crippen LogP contribution < -0.4 is 14.8 Å². The molecule has 30 heavy (non-hydrogen) atoms. The number of likely N-dealkylation sites (tertiary alicyclic amines) is 1. The Balaban J connectivity index is 1.48. The number of aromatic nitrogens is 2. The van der Waals surface area contributed by atoms with Crippen LogP contribution in [0.5, 0.6) is 11.5 Å². The van der Waals surface area contributed by atoms with Gasteiger partial charge in [0.2, 0.25) is 0 Å². The monoisotopic (exact) mass is 406 g/mol. The number of carbonyl (C=O) groups is 2. The molecule has 3 heterocycles. The smallest absolute Gasteiger partial charge is 0.259 e. The van der Waals surface area contributed by atoms with E-state index in [4.69, 9.17) is 9.47 Å². The van der Waals surface area contributed by atoms with E-state index in [9.17, 15) is 9.59 Å². The van der Waals surface area contributed by atoms with Crippen LogP contribution in [0.1, 0.15) is 27.1 Å². The summed E-state index contributed by atoms with van der Waals surface area (Å²) in [6.45, 7) is 1.58. The predicted molar refractivity (Wildman–Crippen MR) is 111 cm³/mol. The van der Waals surface area contributed by atoms with E-state index in [-0.39, 0.29) is 11.8 Å². The highest BCUT2D eigenvalue weighted by Crippen LogP contribution is 2.45. The van der Waals surface area contributed by atoms with Gasteiger partial charge in [-0.2, -0.15) is 0 Å². The molecule has 3 aromatic rings. The van der Waals surface area contributed by atoms with Crippen molar-refractivity contribution in [2.75, 3.05) is 32.6 Å². The zero-order chi connectivity index (χ0) is 20.8. The number of piperidine rings is 1. The minimum absolute atomic E-state index is 0.0626. The van der Waals surface area contributed by atoms with Crippen molar-refractivity contribution in [2.45, 2.75) is 6.42 Å². The third-order valence-corrected chi connectivity index (χ3v) is 5.92. The molecule has 1 saturated heterocycles. The lowest BCUT2D eigenvalue weighted by Gasteiger charge is -2.20. The number of hydrogen-bond acceptors (Lipinski definition) is 5. The maximum Gasteiger partial charge on any atom is 0.259 e. The molecule has 1 aliphatic heterocycles. The summed E-state index contributed by atoms with van der Waals surface area (Å²) in [5.41, 5.74) is 2.58. The van der Waals surface area contributed by atoms with Crippen LogP contribution >= 0.6 is 0 Å². The summed E-state index contributed by atoms with van der Waals surface area (Å²) in [4.78, 5) is 35.2. The van der Waals surface area contributed by atoms with Gasteiger partial charge >= 0.3 is 0 Å². The summed E-state index contributed by atoms with van der Waals surface area (Å²) in [5.74, 6) is 1.62. The van der Waals surface area contributed by atoms with E-state index in [0.29, 0.717) is 45.7 Å². The number of amides is 2. The fourth-order valence-electron chi connectivity index (χ4n) is 4.24. The molecule has 1 aliphatic carbocycles. The molecule has 8 nitrogen and oxygen atoms in total. The number of H-pyrrole nitrogens is 1. The lowest BCUT2D eigenvalue weighted by atomic mass is 10.1. The van der Waals surface area contributed by atoms with Crippen LogP contribution in [-0.4, -0.2) is 54.0 Å². The first-order valence-electron chi connectivity index (χ1n) is 9.87. The van der Waals surface area contributed by atoms with E-state index in [2.05, 4.69) is 15.3 Å². The molecule has 2 amide bonds. The molecule has 0 spiro atoms. The van der Waals surface area contributed by atoms with Gasteiger partial charge < -0.3 is 24.7 Å². The summed E-state index contributed by atoms with van der Waals surface area (Å²) >= 11 is 0. The molecule has 2 atom stereocenters. The van der Waals surface area contributed by atoms with Gasteiger partial charge in [0, 0.05) is 31.0 Å². The molecular weight excluding hydrogens is 384 g/mol. The maximum atomic E-state index is 13.0. The van der Waals surface area contributed by atoms with E-state index in [1.54, 1.807) is 30.6 Å². The lowest BCUT2D eigenvalue weighted by Crippen LogP contribution is -2.30. The van der Waals surface area contributed by atoms with Crippen molar-refractivity contribution in [3.05, 3.63) is 47.8 Å². The number of anilines is 1. The van der Waals surface area contributed by atoms with Crippen molar-refractivity contribution in [1.82, 2.24) is 14.9 Å². The number of rotatable bonds is 5. The fourth-order valence-corrected chi connectivity index (χ4v) is 4.24. The minimum atomic E-state index is -0.354. The van der Waals surface area contributed by atoms with Gasteiger partial charge in [-0.25, -0.2) is 0 Å². The number of aromatic amines is 1. The number of fused-ring (bicyclic) bond motifs is 2. The average molecular weight is 406 g/mol. The molecule has 0 radical (unpaired) electrons. The highest BCUT2D eigenvalue weighted by atomic mass is 16.5. The number of benzene rings is 1. The summed E-state index contributed by atoms with van der Waals surface area (Å²) in [7, 11) is 3.00. The summed E-state index contributed by atoms with van der Waals surface area (Å²) < 4.78 is 10.9. The maximum absolute atomic E-state index is 13.0. The van der Waals surface area contributed by atoms with Gasteiger partial charge in [-0.1, -0.05) is 0 Å². The Kier molecular flexibility index (Phi) is 4.34. The lowest BCUT2D eigenvalue weighted by molar-refractivity contribution is 0.0774. The van der Waals surface area contributed by atoms with E-state index in [1.165, 1.54) is 20.6 Å². The number of nitrogens with one attached hydrogen (secondary N) is 2. The highest BCUT2D eigenvalue weighted by Gasteiger charge is 2.46. The quantitative estimate of drug-likeness (QED) is 0.679. The Morgan fingerprint density at radius 2 is 2.00 bits per heavy atom. The van der Waals surface area contributed by atoms with E-state index < -0.39 is 0 Å². The Hall–Kier alpha value is -3.55. The third-order valence-electron chi connectivity index (χ3n) is 5.92. The molecule has 2 aliphatic rings. The second kappa shape index (κ2) is 7.05. The van der Waals surface area contributed by atoms with Gasteiger partial charge in [0.05, 0.1) is 31.0 Å². The highest BCUT2D eigenvalue weighted by molar-refractivity contribution is 6.12. The minimum Gasteiger partial charge on any atom is -0.493 e. The molecule has 5 rings (SSSR count). The average Bonchev–Trinajstić information content (AvgIpc) is 3.17. The van der Waals surface area contributed by atoms with Crippen molar-refractivity contribution < 1.29 is 19.1 Å². The topological polar surface area (TPSA) is 96.6 Å². The van der Waals surface area contributed by atoms with Crippen LogP contribution in [0.15, 0.2) is 36.7 Å². The molecule has 0 bridgehead atoms. The standard InChI is InChI=1S/C22H22N4O4/c1-29-18-8-12(22(28)26-10-13-6-14(13)11-26)7-17(20(18)30-2)25-21(27)15-9-24-16-4-3-5-23-19(15)16/h3-5,7-9,13-14,24H,6,10-11H2,1-2H3,(H,25,27)/t13-,14+. The largest absolute Gasteiger partial charge is 0.493 e. The van der Waals surface area contributed by atoms with Crippen LogP contribution in [-0.2, 0) is 0 Å². The van der Waals surface area contributed by atoms with Crippen LogP contribution in [0.4, 0.5) is 5.69 Å². The zero-order valence-electron chi connectivity index (χ0n) is 16.8. The van der Waals surface area contributed by atoms with Crippen molar-refractivity contribution in [1.29, 1.82) is 0 Å². The summed E-state index contributed by atoms with van der Waals surface area (Å²) in [5, 5.41) is 2.86. The van der Waals surface area contributed by atoms with E-state index in [1.807, 2.05) is 11.0 Å². The Bertz CT molecular complexity index is 1150. The predicted octanol–water partition coefficient (Wildman–Crippen LogP) is 2.92. The fraction of sp³-hybridized carbons (Fsp3) is 0.318. The van der Waals surface area contributed by atoms with Crippen LogP contribution in [0.2, 0.25) is 0 Å². The Morgan fingerprint density at radius 3 is 2.73 bits per heavy atom.